The van der Waals surface area contributed by atoms with E-state index in [9.17, 15) is 9.90 Å². The summed E-state index contributed by atoms with van der Waals surface area (Å²) in [4.78, 5) is 11.1. The lowest BCUT2D eigenvalue weighted by Gasteiger charge is -2.10. The van der Waals surface area contributed by atoms with Crippen LogP contribution in [0.15, 0.2) is 27.4 Å². The molecule has 0 amide bonds. The predicted molar refractivity (Wildman–Crippen MR) is 57.3 cm³/mol. The number of hydrogen-bond acceptors (Lipinski definition) is 5. The van der Waals surface area contributed by atoms with Crippen molar-refractivity contribution in [3.63, 3.8) is 0 Å². The molecular formula is C11H10O5. The summed E-state index contributed by atoms with van der Waals surface area (Å²) in [5, 5.41) is 10.3. The number of methoxy groups -OCH3 is 2. The first-order chi connectivity index (χ1) is 7.67. The van der Waals surface area contributed by atoms with Crippen LogP contribution in [0.1, 0.15) is 0 Å². The van der Waals surface area contributed by atoms with Gasteiger partial charge in [0, 0.05) is 11.5 Å². The minimum Gasteiger partial charge on any atom is -0.493 e. The first kappa shape index (κ1) is 10.4. The second-order valence-electron chi connectivity index (χ2n) is 3.13. The van der Waals surface area contributed by atoms with Gasteiger partial charge in [0.1, 0.15) is 0 Å². The zero-order chi connectivity index (χ0) is 11.7. The van der Waals surface area contributed by atoms with E-state index in [0.717, 1.165) is 0 Å². The molecular weight excluding hydrogens is 212 g/mol. The highest BCUT2D eigenvalue weighted by Crippen LogP contribution is 2.37. The lowest BCUT2D eigenvalue weighted by atomic mass is 10.1. The van der Waals surface area contributed by atoms with E-state index in [-0.39, 0.29) is 0 Å². The van der Waals surface area contributed by atoms with Gasteiger partial charge in [-0.2, -0.15) is 0 Å². The molecule has 0 unspecified atom stereocenters. The molecule has 0 aliphatic rings. The lowest BCUT2D eigenvalue weighted by Crippen LogP contribution is -1.98. The standard InChI is InChI=1S/C11H10O5/c1-14-8-4-3-6-7(10(8)15-2)5-9(12)16-11(6)13/h3-5,13H,1-2H3. The van der Waals surface area contributed by atoms with E-state index < -0.39 is 11.6 Å². The smallest absolute Gasteiger partial charge is 0.339 e. The molecule has 0 saturated heterocycles. The van der Waals surface area contributed by atoms with Gasteiger partial charge in [-0.15, -0.1) is 0 Å². The molecule has 5 nitrogen and oxygen atoms in total. The molecule has 1 aromatic heterocycles. The van der Waals surface area contributed by atoms with E-state index in [1.165, 1.54) is 20.3 Å². The Hall–Kier alpha value is -2.17. The van der Waals surface area contributed by atoms with Gasteiger partial charge in [0.05, 0.1) is 19.6 Å². The monoisotopic (exact) mass is 222 g/mol. The summed E-state index contributed by atoms with van der Waals surface area (Å²) in [5.41, 5.74) is -0.642. The van der Waals surface area contributed by atoms with Crippen LogP contribution in [0.4, 0.5) is 0 Å². The second kappa shape index (κ2) is 3.77. The largest absolute Gasteiger partial charge is 0.493 e. The molecule has 2 aromatic rings. The third-order valence-corrected chi connectivity index (χ3v) is 2.27. The molecule has 0 aliphatic heterocycles. The normalized spacial score (nSPS) is 10.4. The molecule has 84 valence electrons. The summed E-state index contributed by atoms with van der Waals surface area (Å²) in [5.74, 6) is 0.451. The summed E-state index contributed by atoms with van der Waals surface area (Å²) in [7, 11) is 2.96. The van der Waals surface area contributed by atoms with E-state index in [2.05, 4.69) is 4.42 Å². The van der Waals surface area contributed by atoms with Crippen molar-refractivity contribution < 1.29 is 19.0 Å². The molecule has 1 N–H and O–H groups in total. The summed E-state index contributed by atoms with van der Waals surface area (Å²) < 4.78 is 14.8. The Morgan fingerprint density at radius 2 is 1.94 bits per heavy atom. The maximum Gasteiger partial charge on any atom is 0.339 e. The lowest BCUT2D eigenvalue weighted by molar-refractivity contribution is 0.316. The van der Waals surface area contributed by atoms with Crippen molar-refractivity contribution in [3.8, 4) is 17.4 Å². The Balaban J connectivity index is 2.91. The zero-order valence-corrected chi connectivity index (χ0v) is 8.81. The van der Waals surface area contributed by atoms with Gasteiger partial charge in [-0.05, 0) is 12.1 Å². The minimum absolute atomic E-state index is 0.392. The average Bonchev–Trinajstić information content (AvgIpc) is 2.27. The molecule has 0 bridgehead atoms. The molecule has 1 heterocycles. The van der Waals surface area contributed by atoms with Gasteiger partial charge in [0.25, 0.3) is 5.95 Å². The highest BCUT2D eigenvalue weighted by atomic mass is 16.5. The fraction of sp³-hybridized carbons (Fsp3) is 0.182. The van der Waals surface area contributed by atoms with E-state index >= 15 is 0 Å². The van der Waals surface area contributed by atoms with Crippen molar-refractivity contribution in [2.45, 2.75) is 0 Å². The Labute approximate surface area is 90.8 Å². The summed E-state index contributed by atoms with van der Waals surface area (Å²) in [6.45, 7) is 0. The van der Waals surface area contributed by atoms with Crippen molar-refractivity contribution in [1.29, 1.82) is 0 Å². The fourth-order valence-corrected chi connectivity index (χ4v) is 1.58. The first-order valence-electron chi connectivity index (χ1n) is 4.55. The molecule has 16 heavy (non-hydrogen) atoms. The molecule has 2 rings (SSSR count). The maximum atomic E-state index is 11.1. The van der Waals surface area contributed by atoms with Crippen LogP contribution in [0.25, 0.3) is 10.8 Å². The Morgan fingerprint density at radius 3 is 2.56 bits per heavy atom. The molecule has 5 heteroatoms. The molecule has 1 aromatic carbocycles. The molecule has 0 aliphatic carbocycles. The van der Waals surface area contributed by atoms with E-state index in [1.54, 1.807) is 12.1 Å². The number of fused-ring (bicyclic) bond motifs is 1. The number of ether oxygens (including phenoxy) is 2. The molecule has 0 fully saturated rings. The average molecular weight is 222 g/mol. The third kappa shape index (κ3) is 1.46. The second-order valence-corrected chi connectivity index (χ2v) is 3.13. The number of rotatable bonds is 2. The molecule has 0 spiro atoms. The van der Waals surface area contributed by atoms with Crippen molar-refractivity contribution in [3.05, 3.63) is 28.6 Å². The van der Waals surface area contributed by atoms with Crippen molar-refractivity contribution in [2.75, 3.05) is 14.2 Å². The van der Waals surface area contributed by atoms with Crippen LogP contribution in [0.3, 0.4) is 0 Å². The number of aromatic hydroxyl groups is 1. The van der Waals surface area contributed by atoms with E-state index in [4.69, 9.17) is 9.47 Å². The van der Waals surface area contributed by atoms with Crippen molar-refractivity contribution in [1.82, 2.24) is 0 Å². The van der Waals surface area contributed by atoms with Crippen LogP contribution < -0.4 is 15.1 Å². The summed E-state index contributed by atoms with van der Waals surface area (Å²) >= 11 is 0. The molecule has 0 saturated carbocycles. The van der Waals surface area contributed by atoms with Crippen LogP contribution in [0.2, 0.25) is 0 Å². The van der Waals surface area contributed by atoms with Crippen molar-refractivity contribution in [2.24, 2.45) is 0 Å². The minimum atomic E-state index is -0.642. The Morgan fingerprint density at radius 1 is 1.19 bits per heavy atom. The van der Waals surface area contributed by atoms with Crippen LogP contribution in [0.5, 0.6) is 17.4 Å². The van der Waals surface area contributed by atoms with Gasteiger partial charge in [-0.1, -0.05) is 0 Å². The number of hydrogen-bond donors (Lipinski definition) is 1. The quantitative estimate of drug-likeness (QED) is 0.834. The predicted octanol–water partition coefficient (Wildman–Crippen LogP) is 1.52. The van der Waals surface area contributed by atoms with Gasteiger partial charge in [-0.25, -0.2) is 4.79 Å². The summed E-state index contributed by atoms with van der Waals surface area (Å²) in [6, 6.07) is 4.46. The van der Waals surface area contributed by atoms with Crippen LogP contribution >= 0.6 is 0 Å². The van der Waals surface area contributed by atoms with Gasteiger partial charge in [-0.3, -0.25) is 0 Å². The Bertz CT molecular complexity index is 585. The topological polar surface area (TPSA) is 68.9 Å². The van der Waals surface area contributed by atoms with Gasteiger partial charge in [0.2, 0.25) is 0 Å². The third-order valence-electron chi connectivity index (χ3n) is 2.27. The van der Waals surface area contributed by atoms with E-state index in [1.807, 2.05) is 0 Å². The maximum absolute atomic E-state index is 11.1. The van der Waals surface area contributed by atoms with Crippen LogP contribution in [-0.2, 0) is 0 Å². The Kier molecular flexibility index (Phi) is 2.44. The van der Waals surface area contributed by atoms with Crippen molar-refractivity contribution >= 4 is 10.8 Å². The summed E-state index contributed by atoms with van der Waals surface area (Å²) in [6.07, 6.45) is 0. The first-order valence-corrected chi connectivity index (χ1v) is 4.55. The van der Waals surface area contributed by atoms with E-state index in [0.29, 0.717) is 22.3 Å². The van der Waals surface area contributed by atoms with Crippen LogP contribution in [0, 0.1) is 0 Å². The number of benzene rings is 1. The molecule has 0 radical (unpaired) electrons. The SMILES string of the molecule is COc1ccc2c(O)oc(=O)cc2c1OC. The zero-order valence-electron chi connectivity index (χ0n) is 8.81. The van der Waals surface area contributed by atoms with Gasteiger partial charge >= 0.3 is 5.63 Å². The van der Waals surface area contributed by atoms with Crippen LogP contribution in [-0.4, -0.2) is 19.3 Å². The highest BCUT2D eigenvalue weighted by molar-refractivity contribution is 5.93. The van der Waals surface area contributed by atoms with Gasteiger partial charge < -0.3 is 19.0 Å². The fourth-order valence-electron chi connectivity index (χ4n) is 1.58. The van der Waals surface area contributed by atoms with Gasteiger partial charge in [0.15, 0.2) is 11.5 Å². The highest BCUT2D eigenvalue weighted by Gasteiger charge is 2.13. The molecule has 0 atom stereocenters.